The predicted molar refractivity (Wildman–Crippen MR) is 96.2 cm³/mol. The van der Waals surface area contributed by atoms with Crippen LogP contribution in [0.5, 0.6) is 0 Å². The molecular formula is C19H14N2S. The molecule has 0 atom stereocenters. The van der Waals surface area contributed by atoms with E-state index in [9.17, 15) is 0 Å². The van der Waals surface area contributed by atoms with Crippen molar-refractivity contribution in [3.05, 3.63) is 84.9 Å². The maximum atomic E-state index is 5.80. The molecule has 2 bridgehead atoms. The van der Waals surface area contributed by atoms with Crippen molar-refractivity contribution in [3.8, 4) is 0 Å². The normalized spacial score (nSPS) is 13.4. The lowest BCUT2D eigenvalue weighted by Gasteiger charge is -2.38. The van der Waals surface area contributed by atoms with Crippen molar-refractivity contribution < 1.29 is 0 Å². The summed E-state index contributed by atoms with van der Waals surface area (Å²) in [5.41, 5.74) is 4.34. The van der Waals surface area contributed by atoms with Gasteiger partial charge in [0.1, 0.15) is 0 Å². The number of thiocarbonyl (C=S) groups is 1. The van der Waals surface area contributed by atoms with Crippen LogP contribution in [0.15, 0.2) is 84.9 Å². The summed E-state index contributed by atoms with van der Waals surface area (Å²) < 4.78 is 0. The molecule has 3 aromatic carbocycles. The number of benzene rings is 3. The van der Waals surface area contributed by atoms with E-state index < -0.39 is 0 Å². The van der Waals surface area contributed by atoms with E-state index in [2.05, 4.69) is 58.3 Å². The molecule has 0 amide bonds. The minimum absolute atomic E-state index is 0.769. The number of nitrogens with zero attached hydrogens (tertiary/aromatic N) is 2. The van der Waals surface area contributed by atoms with E-state index in [0.29, 0.717) is 0 Å². The van der Waals surface area contributed by atoms with Gasteiger partial charge in [-0.05, 0) is 54.7 Å². The summed E-state index contributed by atoms with van der Waals surface area (Å²) in [5, 5.41) is 0.769. The average Bonchev–Trinajstić information content (AvgIpc) is 2.57. The van der Waals surface area contributed by atoms with Crippen molar-refractivity contribution in [1.29, 1.82) is 0 Å². The molecule has 1 aliphatic heterocycles. The summed E-state index contributed by atoms with van der Waals surface area (Å²) in [6.07, 6.45) is 0. The zero-order chi connectivity index (χ0) is 14.9. The van der Waals surface area contributed by atoms with E-state index in [1.807, 2.05) is 36.4 Å². The smallest absolute Gasteiger partial charge is 0.190 e. The summed E-state index contributed by atoms with van der Waals surface area (Å²) in [4.78, 5) is 4.21. The molecule has 1 aliphatic rings. The lowest BCUT2D eigenvalue weighted by Crippen LogP contribution is -2.40. The van der Waals surface area contributed by atoms with Gasteiger partial charge in [0.05, 0.1) is 11.4 Å². The number of hydrogen-bond donors (Lipinski definition) is 0. The van der Waals surface area contributed by atoms with Gasteiger partial charge in [0, 0.05) is 11.4 Å². The zero-order valence-corrected chi connectivity index (χ0v) is 12.7. The van der Waals surface area contributed by atoms with Crippen LogP contribution in [0.1, 0.15) is 0 Å². The summed E-state index contributed by atoms with van der Waals surface area (Å²) in [6.45, 7) is 0. The number of fused-ring (bicyclic) bond motifs is 2. The quantitative estimate of drug-likeness (QED) is 0.596. The molecule has 3 aromatic rings. The number of para-hydroxylation sites is 2. The third kappa shape index (κ3) is 2.07. The fourth-order valence-corrected chi connectivity index (χ4v) is 3.19. The maximum Gasteiger partial charge on any atom is 0.190 e. The van der Waals surface area contributed by atoms with Gasteiger partial charge in [-0.3, -0.25) is 9.80 Å². The van der Waals surface area contributed by atoms with Gasteiger partial charge in [0.2, 0.25) is 0 Å². The Bertz CT molecular complexity index is 750. The number of hydrogen-bond acceptors (Lipinski definition) is 1. The summed E-state index contributed by atoms with van der Waals surface area (Å²) >= 11 is 5.80. The maximum absolute atomic E-state index is 5.80. The van der Waals surface area contributed by atoms with Crippen LogP contribution in [0.25, 0.3) is 0 Å². The monoisotopic (exact) mass is 302 g/mol. The molecular weight excluding hydrogens is 288 g/mol. The Balaban J connectivity index is 1.88. The largest absolute Gasteiger partial charge is 0.287 e. The predicted octanol–water partition coefficient (Wildman–Crippen LogP) is 5.26. The van der Waals surface area contributed by atoms with Gasteiger partial charge in [-0.2, -0.15) is 0 Å². The Kier molecular flexibility index (Phi) is 3.13. The van der Waals surface area contributed by atoms with Crippen LogP contribution < -0.4 is 9.80 Å². The van der Waals surface area contributed by atoms with Gasteiger partial charge in [-0.1, -0.05) is 42.5 Å². The second-order valence-electron chi connectivity index (χ2n) is 5.14. The molecule has 4 rings (SSSR count). The van der Waals surface area contributed by atoms with Gasteiger partial charge in [-0.15, -0.1) is 0 Å². The Hall–Kier alpha value is -2.65. The third-order valence-electron chi connectivity index (χ3n) is 3.76. The Morgan fingerprint density at radius 1 is 0.500 bits per heavy atom. The highest BCUT2D eigenvalue weighted by atomic mass is 32.1. The molecule has 0 unspecified atom stereocenters. The highest BCUT2D eigenvalue weighted by Crippen LogP contribution is 2.39. The second kappa shape index (κ2) is 5.28. The van der Waals surface area contributed by atoms with Crippen LogP contribution in [0, 0.1) is 0 Å². The van der Waals surface area contributed by atoms with E-state index in [0.717, 1.165) is 27.9 Å². The Labute approximate surface area is 135 Å². The first-order valence-electron chi connectivity index (χ1n) is 7.19. The molecule has 0 saturated heterocycles. The fourth-order valence-electron chi connectivity index (χ4n) is 2.77. The molecule has 0 aliphatic carbocycles. The second-order valence-corrected chi connectivity index (χ2v) is 5.51. The van der Waals surface area contributed by atoms with Crippen LogP contribution >= 0.6 is 12.2 Å². The van der Waals surface area contributed by atoms with Crippen molar-refractivity contribution in [2.24, 2.45) is 0 Å². The summed E-state index contributed by atoms with van der Waals surface area (Å²) in [6, 6.07) is 28.9. The SMILES string of the molecule is S=C1N(c2ccccc2)c2cccc(c2)N1c1ccccc1. The standard InChI is InChI=1S/C19H14N2S/c22-19-20(15-8-3-1-4-9-15)17-12-7-13-18(14-17)21(19)16-10-5-2-6-11-16/h1-14H. The minimum atomic E-state index is 0.769. The van der Waals surface area contributed by atoms with Gasteiger partial charge < -0.3 is 0 Å². The minimum Gasteiger partial charge on any atom is -0.287 e. The molecule has 0 radical (unpaired) electrons. The molecule has 3 heteroatoms. The molecule has 2 nitrogen and oxygen atoms in total. The molecule has 0 fully saturated rings. The van der Waals surface area contributed by atoms with Gasteiger partial charge in [0.15, 0.2) is 5.11 Å². The molecule has 22 heavy (non-hydrogen) atoms. The third-order valence-corrected chi connectivity index (χ3v) is 4.12. The Morgan fingerprint density at radius 3 is 1.36 bits per heavy atom. The number of rotatable bonds is 2. The van der Waals surface area contributed by atoms with Gasteiger partial charge in [-0.25, -0.2) is 0 Å². The van der Waals surface area contributed by atoms with Crippen molar-refractivity contribution in [2.75, 3.05) is 9.80 Å². The molecule has 0 N–H and O–H groups in total. The van der Waals surface area contributed by atoms with Crippen molar-refractivity contribution in [3.63, 3.8) is 0 Å². The Morgan fingerprint density at radius 2 is 0.909 bits per heavy atom. The van der Waals surface area contributed by atoms with E-state index >= 15 is 0 Å². The van der Waals surface area contributed by atoms with E-state index in [1.165, 1.54) is 0 Å². The number of anilines is 4. The van der Waals surface area contributed by atoms with Crippen LogP contribution in [0.2, 0.25) is 0 Å². The van der Waals surface area contributed by atoms with E-state index in [-0.39, 0.29) is 0 Å². The average molecular weight is 302 g/mol. The van der Waals surface area contributed by atoms with Crippen molar-refractivity contribution >= 4 is 40.1 Å². The van der Waals surface area contributed by atoms with Crippen molar-refractivity contribution in [1.82, 2.24) is 0 Å². The van der Waals surface area contributed by atoms with E-state index in [1.54, 1.807) is 0 Å². The van der Waals surface area contributed by atoms with Crippen LogP contribution in [-0.4, -0.2) is 5.11 Å². The molecule has 0 aromatic heterocycles. The summed E-state index contributed by atoms with van der Waals surface area (Å²) in [5.74, 6) is 0. The molecule has 1 heterocycles. The first-order valence-corrected chi connectivity index (χ1v) is 7.60. The topological polar surface area (TPSA) is 6.48 Å². The molecule has 0 spiro atoms. The highest BCUT2D eigenvalue weighted by molar-refractivity contribution is 7.81. The zero-order valence-electron chi connectivity index (χ0n) is 11.9. The van der Waals surface area contributed by atoms with Gasteiger partial charge >= 0.3 is 0 Å². The first kappa shape index (κ1) is 13.0. The van der Waals surface area contributed by atoms with Crippen LogP contribution in [-0.2, 0) is 0 Å². The highest BCUT2D eigenvalue weighted by Gasteiger charge is 2.27. The van der Waals surface area contributed by atoms with E-state index in [4.69, 9.17) is 12.2 Å². The lowest BCUT2D eigenvalue weighted by atomic mass is 10.1. The molecule has 106 valence electrons. The summed E-state index contributed by atoms with van der Waals surface area (Å²) in [7, 11) is 0. The van der Waals surface area contributed by atoms with Crippen LogP contribution in [0.3, 0.4) is 0 Å². The lowest BCUT2D eigenvalue weighted by molar-refractivity contribution is 1.23. The molecule has 0 saturated carbocycles. The van der Waals surface area contributed by atoms with Crippen LogP contribution in [0.4, 0.5) is 22.7 Å². The fraction of sp³-hybridized carbons (Fsp3) is 0. The van der Waals surface area contributed by atoms with Gasteiger partial charge in [0.25, 0.3) is 0 Å². The first-order chi connectivity index (χ1) is 10.8. The van der Waals surface area contributed by atoms with Crippen molar-refractivity contribution in [2.45, 2.75) is 0 Å².